The number of carboxylic acids is 1. The second-order valence-corrected chi connectivity index (χ2v) is 11.9. The van der Waals surface area contributed by atoms with Crippen molar-refractivity contribution in [2.75, 3.05) is 0 Å². The maximum Gasteiger partial charge on any atom is 0.514 e. The SMILES string of the molecule is CC(CC(=O)O)OC(=O)Oc1cc(F)c(C2OP(=O)(O)C(O)(Cc3cccnc3)P(=O)(O)O2)c(F)c1. The lowest BCUT2D eigenvalue weighted by atomic mass is 10.2. The highest BCUT2D eigenvalue weighted by Crippen LogP contribution is 2.79. The van der Waals surface area contributed by atoms with Crippen LogP contribution < -0.4 is 4.74 Å². The summed E-state index contributed by atoms with van der Waals surface area (Å²) in [4.78, 5) is 46.6. The van der Waals surface area contributed by atoms with Gasteiger partial charge in [0.15, 0.2) is 0 Å². The maximum atomic E-state index is 14.7. The highest BCUT2D eigenvalue weighted by atomic mass is 31.2. The fourth-order valence-electron chi connectivity index (χ4n) is 3.11. The zero-order chi connectivity index (χ0) is 26.9. The average molecular weight is 553 g/mol. The molecule has 0 radical (unpaired) electrons. The van der Waals surface area contributed by atoms with Crippen molar-refractivity contribution >= 4 is 27.3 Å². The van der Waals surface area contributed by atoms with E-state index in [1.54, 1.807) is 0 Å². The quantitative estimate of drug-likeness (QED) is 0.222. The van der Waals surface area contributed by atoms with Gasteiger partial charge >= 0.3 is 27.3 Å². The van der Waals surface area contributed by atoms with Gasteiger partial charge in [-0.15, -0.1) is 0 Å². The van der Waals surface area contributed by atoms with E-state index in [1.165, 1.54) is 25.3 Å². The van der Waals surface area contributed by atoms with Crippen molar-refractivity contribution in [3.8, 4) is 5.75 Å². The van der Waals surface area contributed by atoms with E-state index in [9.17, 15) is 42.4 Å². The molecule has 1 aromatic carbocycles. The lowest BCUT2D eigenvalue weighted by Gasteiger charge is -2.41. The number of aromatic nitrogens is 1. The molecule has 36 heavy (non-hydrogen) atoms. The molecule has 196 valence electrons. The Labute approximate surface area is 201 Å². The molecule has 2 heterocycles. The first kappa shape index (κ1) is 27.8. The third-order valence-electron chi connectivity index (χ3n) is 4.80. The summed E-state index contributed by atoms with van der Waals surface area (Å²) in [6.45, 7) is 1.23. The minimum Gasteiger partial charge on any atom is -0.481 e. The first-order chi connectivity index (χ1) is 16.6. The molecule has 0 bridgehead atoms. The molecule has 3 atom stereocenters. The van der Waals surface area contributed by atoms with Crippen LogP contribution in [0.25, 0.3) is 0 Å². The lowest BCUT2D eigenvalue weighted by molar-refractivity contribution is -0.139. The van der Waals surface area contributed by atoms with Crippen molar-refractivity contribution in [3.05, 3.63) is 59.4 Å². The van der Waals surface area contributed by atoms with E-state index >= 15 is 0 Å². The van der Waals surface area contributed by atoms with E-state index in [-0.39, 0.29) is 5.56 Å². The van der Waals surface area contributed by atoms with Gasteiger partial charge in [0.25, 0.3) is 5.08 Å². The number of ether oxygens (including phenoxy) is 2. The van der Waals surface area contributed by atoms with Gasteiger partial charge in [-0.1, -0.05) is 6.07 Å². The molecule has 1 aliphatic heterocycles. The Morgan fingerprint density at radius 2 is 1.78 bits per heavy atom. The summed E-state index contributed by atoms with van der Waals surface area (Å²) < 4.78 is 73.5. The molecule has 1 fully saturated rings. The highest BCUT2D eigenvalue weighted by Gasteiger charge is 2.67. The summed E-state index contributed by atoms with van der Waals surface area (Å²) >= 11 is 0. The smallest absolute Gasteiger partial charge is 0.481 e. The highest BCUT2D eigenvalue weighted by molar-refractivity contribution is 7.73. The van der Waals surface area contributed by atoms with Crippen LogP contribution in [0.4, 0.5) is 13.6 Å². The number of rotatable bonds is 7. The summed E-state index contributed by atoms with van der Waals surface area (Å²) in [7, 11) is -11.0. The lowest BCUT2D eigenvalue weighted by Crippen LogP contribution is -2.38. The number of aliphatic carboxylic acids is 1. The molecule has 0 amide bonds. The van der Waals surface area contributed by atoms with Crippen LogP contribution >= 0.6 is 15.2 Å². The zero-order valence-corrected chi connectivity index (χ0v) is 20.0. The van der Waals surface area contributed by atoms with Gasteiger partial charge in [-0.05, 0) is 18.6 Å². The van der Waals surface area contributed by atoms with Gasteiger partial charge in [0.1, 0.15) is 23.5 Å². The number of pyridine rings is 1. The minimum atomic E-state index is -5.52. The predicted molar refractivity (Wildman–Crippen MR) is 113 cm³/mol. The van der Waals surface area contributed by atoms with Crippen LogP contribution in [-0.2, 0) is 34.1 Å². The van der Waals surface area contributed by atoms with Crippen LogP contribution in [0.5, 0.6) is 5.75 Å². The van der Waals surface area contributed by atoms with Crippen LogP contribution in [0.3, 0.4) is 0 Å². The van der Waals surface area contributed by atoms with Gasteiger partial charge in [0, 0.05) is 30.9 Å². The molecular formula is C19H19F2NO12P2. The second-order valence-electron chi connectivity index (χ2n) is 7.57. The van der Waals surface area contributed by atoms with Crippen molar-refractivity contribution in [2.24, 2.45) is 0 Å². The largest absolute Gasteiger partial charge is 0.514 e. The van der Waals surface area contributed by atoms with E-state index in [0.29, 0.717) is 12.1 Å². The number of nitrogens with zero attached hydrogens (tertiary/aromatic N) is 1. The van der Waals surface area contributed by atoms with Crippen molar-refractivity contribution < 1.29 is 66.0 Å². The van der Waals surface area contributed by atoms with Gasteiger partial charge in [0.05, 0.1) is 12.0 Å². The van der Waals surface area contributed by atoms with E-state index in [2.05, 4.69) is 23.5 Å². The number of aliphatic hydroxyl groups is 1. The summed E-state index contributed by atoms with van der Waals surface area (Å²) in [6.07, 6.45) is -4.18. The van der Waals surface area contributed by atoms with E-state index in [0.717, 1.165) is 6.20 Å². The Bertz CT molecular complexity index is 1210. The molecule has 0 spiro atoms. The van der Waals surface area contributed by atoms with Crippen LogP contribution in [0.1, 0.15) is 30.8 Å². The fourth-order valence-corrected chi connectivity index (χ4v) is 6.65. The molecule has 3 unspecified atom stereocenters. The van der Waals surface area contributed by atoms with Crippen LogP contribution in [0, 0.1) is 11.6 Å². The van der Waals surface area contributed by atoms with Crippen LogP contribution in [0.15, 0.2) is 36.7 Å². The van der Waals surface area contributed by atoms with Gasteiger partial charge in [-0.3, -0.25) is 28.0 Å². The molecule has 3 rings (SSSR count). The van der Waals surface area contributed by atoms with Gasteiger partial charge < -0.3 is 29.5 Å². The number of carbonyl (C=O) groups is 2. The number of halogens is 2. The fraction of sp³-hybridized carbons (Fsp3) is 0.316. The van der Waals surface area contributed by atoms with E-state index in [4.69, 9.17) is 5.11 Å². The standard InChI is InChI=1S/C19H19F2NO12P2/c1-10(5-15(23)24)31-18(25)32-12-6-13(20)16(14(21)7-12)17-33-35(27,28)19(26,36(29,30)34-17)8-11-3-2-4-22-9-11/h2-4,6-7,9-10,17,26H,5,8H2,1H3,(H,23,24)(H,27,28)(H,29,30). The molecule has 1 saturated heterocycles. The Hall–Kier alpha value is -2.77. The van der Waals surface area contributed by atoms with Gasteiger partial charge in [-0.2, -0.15) is 0 Å². The third kappa shape index (κ3) is 5.79. The molecule has 2 aromatic rings. The zero-order valence-electron chi connectivity index (χ0n) is 18.2. The van der Waals surface area contributed by atoms with Crippen molar-refractivity contribution in [1.29, 1.82) is 0 Å². The summed E-state index contributed by atoms with van der Waals surface area (Å²) in [6, 6.07) is 3.53. The summed E-state index contributed by atoms with van der Waals surface area (Å²) in [5.74, 6) is -5.21. The van der Waals surface area contributed by atoms with Crippen LogP contribution in [0.2, 0.25) is 0 Å². The Kier molecular flexibility index (Phi) is 7.96. The number of hydrogen-bond donors (Lipinski definition) is 4. The van der Waals surface area contributed by atoms with Crippen LogP contribution in [-0.4, -0.2) is 48.3 Å². The molecule has 13 nitrogen and oxygen atoms in total. The first-order valence-electron chi connectivity index (χ1n) is 9.88. The first-order valence-corrected chi connectivity index (χ1v) is 13.0. The number of hydrogen-bond acceptors (Lipinski definition) is 10. The van der Waals surface area contributed by atoms with Crippen molar-refractivity contribution in [3.63, 3.8) is 0 Å². The molecule has 1 aliphatic rings. The topological polar surface area (TPSA) is 199 Å². The molecule has 0 aliphatic carbocycles. The normalized spacial score (nSPS) is 28.8. The summed E-state index contributed by atoms with van der Waals surface area (Å²) in [5.41, 5.74) is -1.18. The Morgan fingerprint density at radius 3 is 2.28 bits per heavy atom. The number of benzene rings is 1. The Morgan fingerprint density at radius 1 is 1.19 bits per heavy atom. The Balaban J connectivity index is 1.84. The molecule has 1 aromatic heterocycles. The summed E-state index contributed by atoms with van der Waals surface area (Å²) in [5, 5.41) is 15.9. The van der Waals surface area contributed by atoms with Gasteiger partial charge in [0.2, 0.25) is 6.29 Å². The van der Waals surface area contributed by atoms with Crippen molar-refractivity contribution in [2.45, 2.75) is 37.2 Å². The van der Waals surface area contributed by atoms with Crippen molar-refractivity contribution in [1.82, 2.24) is 4.98 Å². The molecule has 17 heteroatoms. The number of carbonyl (C=O) groups excluding carboxylic acids is 1. The minimum absolute atomic E-state index is 0.0534. The third-order valence-corrected chi connectivity index (χ3v) is 9.39. The molecule has 4 N–H and O–H groups in total. The second kappa shape index (κ2) is 10.3. The van der Waals surface area contributed by atoms with Gasteiger partial charge in [-0.25, -0.2) is 13.6 Å². The molecule has 0 saturated carbocycles. The molecular weight excluding hydrogens is 534 g/mol. The monoisotopic (exact) mass is 553 g/mol. The average Bonchev–Trinajstić information content (AvgIpc) is 2.71. The maximum absolute atomic E-state index is 14.7. The van der Waals surface area contributed by atoms with E-state index < -0.39 is 80.6 Å². The number of carboxylic acid groups (broad SMARTS) is 1. The predicted octanol–water partition coefficient (Wildman–Crippen LogP) is 3.04. The van der Waals surface area contributed by atoms with E-state index in [1.807, 2.05) is 0 Å².